The zero-order chi connectivity index (χ0) is 15.5. The van der Waals surface area contributed by atoms with Crippen molar-refractivity contribution < 1.29 is 14.7 Å². The van der Waals surface area contributed by atoms with Crippen molar-refractivity contribution in [1.82, 2.24) is 9.80 Å². The van der Waals surface area contributed by atoms with Crippen molar-refractivity contribution in [2.24, 2.45) is 5.41 Å². The van der Waals surface area contributed by atoms with Gasteiger partial charge in [0.05, 0.1) is 5.41 Å². The SMILES string of the molecule is C=CCN(C(=O)N1CCC(CCC)(C(=O)O)CC1)C1CC1. The number of nitrogens with zero attached hydrogens (tertiary/aromatic N) is 2. The molecule has 0 aromatic rings. The van der Waals surface area contributed by atoms with Gasteiger partial charge in [-0.25, -0.2) is 4.79 Å². The Labute approximate surface area is 126 Å². The fourth-order valence-corrected chi connectivity index (χ4v) is 3.27. The monoisotopic (exact) mass is 294 g/mol. The number of carboxylic acids is 1. The van der Waals surface area contributed by atoms with Crippen molar-refractivity contribution in [3.05, 3.63) is 12.7 Å². The number of carboxylic acid groups (broad SMARTS) is 1. The quantitative estimate of drug-likeness (QED) is 0.766. The van der Waals surface area contributed by atoms with Gasteiger partial charge in [-0.3, -0.25) is 4.79 Å². The number of carbonyl (C=O) groups excluding carboxylic acids is 1. The number of aliphatic carboxylic acids is 1. The van der Waals surface area contributed by atoms with E-state index in [1.165, 1.54) is 0 Å². The van der Waals surface area contributed by atoms with Crippen LogP contribution in [0, 0.1) is 5.41 Å². The van der Waals surface area contributed by atoms with Crippen molar-refractivity contribution in [3.63, 3.8) is 0 Å². The number of hydrogen-bond acceptors (Lipinski definition) is 2. The van der Waals surface area contributed by atoms with Crippen LogP contribution < -0.4 is 0 Å². The topological polar surface area (TPSA) is 60.9 Å². The van der Waals surface area contributed by atoms with E-state index in [9.17, 15) is 14.7 Å². The smallest absolute Gasteiger partial charge is 0.320 e. The second-order valence-corrected chi connectivity index (χ2v) is 6.28. The molecule has 1 heterocycles. The van der Waals surface area contributed by atoms with Crippen LogP contribution in [0.25, 0.3) is 0 Å². The third-order valence-corrected chi connectivity index (χ3v) is 4.73. The first-order valence-electron chi connectivity index (χ1n) is 7.94. The maximum absolute atomic E-state index is 12.6. The molecule has 0 spiro atoms. The summed E-state index contributed by atoms with van der Waals surface area (Å²) in [4.78, 5) is 27.8. The third kappa shape index (κ3) is 3.39. The number of urea groups is 1. The Morgan fingerprint density at radius 2 is 2.00 bits per heavy atom. The summed E-state index contributed by atoms with van der Waals surface area (Å²) in [6.45, 7) is 7.41. The lowest BCUT2D eigenvalue weighted by atomic mass is 9.75. The third-order valence-electron chi connectivity index (χ3n) is 4.73. The first kappa shape index (κ1) is 15.9. The predicted molar refractivity (Wildman–Crippen MR) is 81.1 cm³/mol. The molecule has 0 unspecified atom stereocenters. The number of piperidine rings is 1. The highest BCUT2D eigenvalue weighted by molar-refractivity contribution is 5.77. The van der Waals surface area contributed by atoms with Crippen LogP contribution in [0.2, 0.25) is 0 Å². The number of amides is 2. The minimum atomic E-state index is -0.707. The molecule has 0 aromatic heterocycles. The van der Waals surface area contributed by atoms with Gasteiger partial charge in [0.25, 0.3) is 0 Å². The Kier molecular flexibility index (Phi) is 4.91. The summed E-state index contributed by atoms with van der Waals surface area (Å²) in [6.07, 6.45) is 6.60. The summed E-state index contributed by atoms with van der Waals surface area (Å²) in [5.74, 6) is -0.707. The van der Waals surface area contributed by atoms with E-state index in [2.05, 4.69) is 6.58 Å². The summed E-state index contributed by atoms with van der Waals surface area (Å²) in [5.41, 5.74) is -0.631. The van der Waals surface area contributed by atoms with Crippen LogP contribution in [0.4, 0.5) is 4.79 Å². The summed E-state index contributed by atoms with van der Waals surface area (Å²) in [7, 11) is 0. The highest BCUT2D eigenvalue weighted by Gasteiger charge is 2.43. The van der Waals surface area contributed by atoms with Gasteiger partial charge in [-0.05, 0) is 32.1 Å². The summed E-state index contributed by atoms with van der Waals surface area (Å²) in [6, 6.07) is 0.408. The molecule has 2 aliphatic rings. The Morgan fingerprint density at radius 1 is 1.38 bits per heavy atom. The molecule has 2 fully saturated rings. The fraction of sp³-hybridized carbons (Fsp3) is 0.750. The summed E-state index contributed by atoms with van der Waals surface area (Å²) in [5, 5.41) is 9.51. The molecule has 21 heavy (non-hydrogen) atoms. The molecule has 0 aromatic carbocycles. The van der Waals surface area contributed by atoms with Crippen molar-refractivity contribution >= 4 is 12.0 Å². The highest BCUT2D eigenvalue weighted by Crippen LogP contribution is 2.37. The molecule has 1 aliphatic heterocycles. The van der Waals surface area contributed by atoms with Gasteiger partial charge >= 0.3 is 12.0 Å². The summed E-state index contributed by atoms with van der Waals surface area (Å²) >= 11 is 0. The van der Waals surface area contributed by atoms with Gasteiger partial charge in [0, 0.05) is 25.7 Å². The molecular weight excluding hydrogens is 268 g/mol. The molecule has 2 amide bonds. The molecule has 0 radical (unpaired) electrons. The molecule has 1 aliphatic carbocycles. The minimum Gasteiger partial charge on any atom is -0.481 e. The van der Waals surface area contributed by atoms with Crippen LogP contribution in [-0.2, 0) is 4.79 Å². The van der Waals surface area contributed by atoms with Gasteiger partial charge in [0.1, 0.15) is 0 Å². The normalized spacial score (nSPS) is 20.9. The average molecular weight is 294 g/mol. The molecule has 5 heteroatoms. The van der Waals surface area contributed by atoms with Crippen LogP contribution >= 0.6 is 0 Å². The van der Waals surface area contributed by atoms with E-state index in [4.69, 9.17) is 0 Å². The van der Waals surface area contributed by atoms with Gasteiger partial charge in [0.2, 0.25) is 0 Å². The second-order valence-electron chi connectivity index (χ2n) is 6.28. The first-order chi connectivity index (χ1) is 10.0. The molecule has 5 nitrogen and oxygen atoms in total. The molecule has 0 bridgehead atoms. The fourth-order valence-electron chi connectivity index (χ4n) is 3.27. The Hall–Kier alpha value is -1.52. The molecule has 1 saturated heterocycles. The van der Waals surface area contributed by atoms with Crippen molar-refractivity contribution in [1.29, 1.82) is 0 Å². The molecule has 118 valence electrons. The van der Waals surface area contributed by atoms with Crippen molar-refractivity contribution in [2.45, 2.75) is 51.5 Å². The lowest BCUT2D eigenvalue weighted by Crippen LogP contribution is -2.51. The van der Waals surface area contributed by atoms with E-state index >= 15 is 0 Å². The minimum absolute atomic E-state index is 0.0490. The van der Waals surface area contributed by atoms with Crippen LogP contribution in [0.1, 0.15) is 45.4 Å². The zero-order valence-corrected chi connectivity index (χ0v) is 12.9. The first-order valence-corrected chi connectivity index (χ1v) is 7.94. The molecule has 1 saturated carbocycles. The Morgan fingerprint density at radius 3 is 2.43 bits per heavy atom. The van der Waals surface area contributed by atoms with E-state index in [0.717, 1.165) is 19.3 Å². The maximum Gasteiger partial charge on any atom is 0.320 e. The largest absolute Gasteiger partial charge is 0.481 e. The zero-order valence-electron chi connectivity index (χ0n) is 12.9. The van der Waals surface area contributed by atoms with E-state index < -0.39 is 11.4 Å². The average Bonchev–Trinajstić information content (AvgIpc) is 3.29. The Bertz CT molecular complexity index is 410. The number of likely N-dealkylation sites (tertiary alicyclic amines) is 1. The lowest BCUT2D eigenvalue weighted by molar-refractivity contribution is -0.152. The molecular formula is C16H26N2O3. The molecule has 0 atom stereocenters. The highest BCUT2D eigenvalue weighted by atomic mass is 16.4. The van der Waals surface area contributed by atoms with Crippen LogP contribution in [0.15, 0.2) is 12.7 Å². The second kappa shape index (κ2) is 6.50. The summed E-state index contributed by atoms with van der Waals surface area (Å²) < 4.78 is 0. The van der Waals surface area contributed by atoms with Gasteiger partial charge < -0.3 is 14.9 Å². The van der Waals surface area contributed by atoms with Gasteiger partial charge in [0.15, 0.2) is 0 Å². The standard InChI is InChI=1S/C16H26N2O3/c1-3-7-16(14(19)20)8-11-17(12-9-16)15(21)18(10-4-2)13-5-6-13/h4,13H,2-3,5-12H2,1H3,(H,19,20). The van der Waals surface area contributed by atoms with Gasteiger partial charge in [-0.1, -0.05) is 19.4 Å². The van der Waals surface area contributed by atoms with Crippen molar-refractivity contribution in [2.75, 3.05) is 19.6 Å². The van der Waals surface area contributed by atoms with Gasteiger partial charge in [-0.15, -0.1) is 6.58 Å². The van der Waals surface area contributed by atoms with E-state index in [0.29, 0.717) is 44.9 Å². The van der Waals surface area contributed by atoms with E-state index in [1.54, 1.807) is 6.08 Å². The van der Waals surface area contributed by atoms with E-state index in [1.807, 2.05) is 16.7 Å². The number of carbonyl (C=O) groups is 2. The van der Waals surface area contributed by atoms with Crippen LogP contribution in [0.5, 0.6) is 0 Å². The Balaban J connectivity index is 1.97. The number of hydrogen-bond donors (Lipinski definition) is 1. The number of rotatable bonds is 6. The van der Waals surface area contributed by atoms with E-state index in [-0.39, 0.29) is 6.03 Å². The van der Waals surface area contributed by atoms with Crippen LogP contribution in [-0.4, -0.2) is 52.6 Å². The van der Waals surface area contributed by atoms with Crippen molar-refractivity contribution in [3.8, 4) is 0 Å². The van der Waals surface area contributed by atoms with Crippen LogP contribution in [0.3, 0.4) is 0 Å². The molecule has 1 N–H and O–H groups in total. The molecule has 2 rings (SSSR count). The lowest BCUT2D eigenvalue weighted by Gasteiger charge is -2.40. The van der Waals surface area contributed by atoms with Gasteiger partial charge in [-0.2, -0.15) is 0 Å². The predicted octanol–water partition coefficient (Wildman–Crippen LogP) is 2.72. The maximum atomic E-state index is 12.6.